The van der Waals surface area contributed by atoms with Crippen LogP contribution in [0.5, 0.6) is 0 Å². The van der Waals surface area contributed by atoms with Crippen molar-refractivity contribution in [3.8, 4) is 0 Å². The van der Waals surface area contributed by atoms with Crippen LogP contribution in [0.1, 0.15) is 25.1 Å². The number of thiophene rings is 1. The lowest BCUT2D eigenvalue weighted by molar-refractivity contribution is -0.116. The summed E-state index contributed by atoms with van der Waals surface area (Å²) in [7, 11) is -7.13. The van der Waals surface area contributed by atoms with Crippen molar-refractivity contribution in [3.05, 3.63) is 17.0 Å². The van der Waals surface area contributed by atoms with E-state index in [9.17, 15) is 21.6 Å². The van der Waals surface area contributed by atoms with Crippen LogP contribution in [0.2, 0.25) is 0 Å². The van der Waals surface area contributed by atoms with Crippen LogP contribution in [0.25, 0.3) is 0 Å². The molecule has 1 rings (SSSR count). The fourth-order valence-electron chi connectivity index (χ4n) is 1.61. The minimum atomic E-state index is -3.87. The van der Waals surface area contributed by atoms with Gasteiger partial charge >= 0.3 is 0 Å². The molecule has 0 saturated heterocycles. The minimum Gasteiger partial charge on any atom is -0.273 e. The SMILES string of the molecule is CCCSCC(=O)NS(=O)(=O)c1ccc(CCNS(=O)(=O)CC)s1. The Balaban J connectivity index is 2.58. The number of carbonyl (C=O) groups excluding carboxylic acids is 1. The molecule has 0 aliphatic rings. The number of hydrogen-bond acceptors (Lipinski definition) is 7. The second-order valence-corrected chi connectivity index (χ2v) is 11.1. The zero-order valence-electron chi connectivity index (χ0n) is 13.6. The van der Waals surface area contributed by atoms with E-state index in [4.69, 9.17) is 0 Å². The van der Waals surface area contributed by atoms with Gasteiger partial charge in [0.05, 0.1) is 11.5 Å². The zero-order valence-corrected chi connectivity index (χ0v) is 16.8. The lowest BCUT2D eigenvalue weighted by Gasteiger charge is -2.04. The summed E-state index contributed by atoms with van der Waals surface area (Å²) in [4.78, 5) is 12.4. The number of carbonyl (C=O) groups is 1. The molecule has 0 saturated carbocycles. The van der Waals surface area contributed by atoms with E-state index in [2.05, 4.69) is 4.72 Å². The topological polar surface area (TPSA) is 109 Å². The molecule has 138 valence electrons. The van der Waals surface area contributed by atoms with Crippen molar-refractivity contribution in [2.24, 2.45) is 0 Å². The lowest BCUT2D eigenvalue weighted by Crippen LogP contribution is -2.31. The highest BCUT2D eigenvalue weighted by atomic mass is 32.2. The first-order valence-corrected chi connectivity index (χ1v) is 12.5. The van der Waals surface area contributed by atoms with Gasteiger partial charge in [0, 0.05) is 11.4 Å². The van der Waals surface area contributed by atoms with Gasteiger partial charge in [-0.2, -0.15) is 11.8 Å². The van der Waals surface area contributed by atoms with E-state index in [1.807, 2.05) is 11.6 Å². The number of rotatable bonds is 11. The Bertz CT molecular complexity index is 740. The van der Waals surface area contributed by atoms with E-state index in [0.717, 1.165) is 28.4 Å². The maximum atomic E-state index is 12.1. The van der Waals surface area contributed by atoms with Crippen molar-refractivity contribution in [2.75, 3.05) is 23.8 Å². The number of nitrogens with one attached hydrogen (secondary N) is 2. The van der Waals surface area contributed by atoms with Crippen LogP contribution < -0.4 is 9.44 Å². The highest BCUT2D eigenvalue weighted by Crippen LogP contribution is 2.21. The predicted octanol–water partition coefficient (Wildman–Crippen LogP) is 1.18. The number of sulfonamides is 2. The Hall–Kier alpha value is -0.620. The Kier molecular flexibility index (Phi) is 8.71. The van der Waals surface area contributed by atoms with Gasteiger partial charge in [0.1, 0.15) is 4.21 Å². The van der Waals surface area contributed by atoms with E-state index in [1.54, 1.807) is 13.0 Å². The molecule has 0 unspecified atom stereocenters. The van der Waals surface area contributed by atoms with E-state index < -0.39 is 26.0 Å². The maximum absolute atomic E-state index is 12.1. The molecule has 0 bridgehead atoms. The van der Waals surface area contributed by atoms with Crippen LogP contribution in [-0.4, -0.2) is 46.5 Å². The van der Waals surface area contributed by atoms with Crippen LogP contribution in [0, 0.1) is 0 Å². The molecule has 1 aromatic heterocycles. The summed E-state index contributed by atoms with van der Waals surface area (Å²) < 4.78 is 51.4. The molecule has 1 aromatic rings. The Morgan fingerprint density at radius 3 is 2.54 bits per heavy atom. The Morgan fingerprint density at radius 2 is 1.92 bits per heavy atom. The predicted molar refractivity (Wildman–Crippen MR) is 98.4 cm³/mol. The monoisotopic (exact) mass is 414 g/mol. The molecule has 1 amide bonds. The standard InChI is InChI=1S/C13H22N2O5S4/c1-3-9-21-10-12(16)15-24(19,20)13-6-5-11(22-13)7-8-14-23(17,18)4-2/h5-6,14H,3-4,7-10H2,1-2H3,(H,15,16). The average molecular weight is 415 g/mol. The molecule has 0 fully saturated rings. The fourth-order valence-corrected chi connectivity index (χ4v) is 5.35. The lowest BCUT2D eigenvalue weighted by atomic mass is 10.3. The first-order valence-electron chi connectivity index (χ1n) is 7.39. The van der Waals surface area contributed by atoms with Gasteiger partial charge in [0.2, 0.25) is 15.9 Å². The van der Waals surface area contributed by atoms with Crippen molar-refractivity contribution in [2.45, 2.75) is 30.9 Å². The Labute approximate surface area is 151 Å². The van der Waals surface area contributed by atoms with Gasteiger partial charge in [-0.1, -0.05) is 6.92 Å². The van der Waals surface area contributed by atoms with Gasteiger partial charge in [-0.3, -0.25) is 4.79 Å². The third-order valence-electron chi connectivity index (χ3n) is 2.81. The summed E-state index contributed by atoms with van der Waals surface area (Å²) in [6.45, 7) is 3.73. The summed E-state index contributed by atoms with van der Waals surface area (Å²) in [6, 6.07) is 3.04. The normalized spacial score (nSPS) is 12.2. The average Bonchev–Trinajstić information content (AvgIpc) is 2.96. The molecule has 2 N–H and O–H groups in total. The molecular formula is C13H22N2O5S4. The van der Waals surface area contributed by atoms with Crippen LogP contribution in [0.3, 0.4) is 0 Å². The second kappa shape index (κ2) is 9.76. The summed E-state index contributed by atoms with van der Waals surface area (Å²) in [6.07, 6.45) is 1.31. The first kappa shape index (κ1) is 21.4. The molecule has 0 aliphatic heterocycles. The molecule has 1 heterocycles. The highest BCUT2D eigenvalue weighted by molar-refractivity contribution is 8.00. The van der Waals surface area contributed by atoms with Gasteiger partial charge in [-0.05, 0) is 37.7 Å². The Morgan fingerprint density at radius 1 is 1.21 bits per heavy atom. The van der Waals surface area contributed by atoms with Gasteiger partial charge in [0.15, 0.2) is 0 Å². The van der Waals surface area contributed by atoms with Gasteiger partial charge in [-0.25, -0.2) is 26.3 Å². The first-order chi connectivity index (χ1) is 11.2. The van der Waals surface area contributed by atoms with Crippen molar-refractivity contribution >= 4 is 49.1 Å². The summed E-state index contributed by atoms with van der Waals surface area (Å²) in [5.41, 5.74) is 0. The fraction of sp³-hybridized carbons (Fsp3) is 0.615. The molecule has 0 atom stereocenters. The van der Waals surface area contributed by atoms with E-state index in [1.165, 1.54) is 17.8 Å². The van der Waals surface area contributed by atoms with Crippen molar-refractivity contribution in [1.29, 1.82) is 0 Å². The minimum absolute atomic E-state index is 0.000849. The highest BCUT2D eigenvalue weighted by Gasteiger charge is 2.19. The third kappa shape index (κ3) is 7.51. The van der Waals surface area contributed by atoms with Gasteiger partial charge in [-0.15, -0.1) is 11.3 Å². The maximum Gasteiger partial charge on any atom is 0.273 e. The largest absolute Gasteiger partial charge is 0.273 e. The van der Waals surface area contributed by atoms with Crippen LogP contribution in [0.15, 0.2) is 16.3 Å². The van der Waals surface area contributed by atoms with Crippen LogP contribution in [-0.2, 0) is 31.3 Å². The smallest absolute Gasteiger partial charge is 0.273 e. The number of hydrogen-bond donors (Lipinski definition) is 2. The number of thioether (sulfide) groups is 1. The summed E-state index contributed by atoms with van der Waals surface area (Å²) >= 11 is 2.40. The van der Waals surface area contributed by atoms with E-state index in [-0.39, 0.29) is 22.3 Å². The van der Waals surface area contributed by atoms with Crippen LogP contribution >= 0.6 is 23.1 Å². The molecule has 7 nitrogen and oxygen atoms in total. The molecule has 24 heavy (non-hydrogen) atoms. The molecular weight excluding hydrogens is 392 g/mol. The molecule has 11 heteroatoms. The quantitative estimate of drug-likeness (QED) is 0.526. The van der Waals surface area contributed by atoms with Gasteiger partial charge < -0.3 is 0 Å². The molecule has 0 radical (unpaired) electrons. The van der Waals surface area contributed by atoms with Gasteiger partial charge in [0.25, 0.3) is 10.0 Å². The van der Waals surface area contributed by atoms with Crippen molar-refractivity contribution in [1.82, 2.24) is 9.44 Å². The molecule has 0 aromatic carbocycles. The molecule has 0 aliphatic carbocycles. The zero-order chi connectivity index (χ0) is 18.2. The number of amides is 1. The van der Waals surface area contributed by atoms with Crippen molar-refractivity contribution in [3.63, 3.8) is 0 Å². The summed E-state index contributed by atoms with van der Waals surface area (Å²) in [5, 5.41) is 0. The van der Waals surface area contributed by atoms with E-state index >= 15 is 0 Å². The van der Waals surface area contributed by atoms with E-state index in [0.29, 0.717) is 6.42 Å². The second-order valence-electron chi connectivity index (χ2n) is 4.85. The third-order valence-corrected chi connectivity index (χ3v) is 8.38. The molecule has 0 spiro atoms. The van der Waals surface area contributed by atoms with Crippen molar-refractivity contribution < 1.29 is 21.6 Å². The van der Waals surface area contributed by atoms with Crippen LogP contribution in [0.4, 0.5) is 0 Å². The summed E-state index contributed by atoms with van der Waals surface area (Å²) in [5.74, 6) is 0.354.